The molecule has 0 unspecified atom stereocenters. The lowest BCUT2D eigenvalue weighted by Crippen LogP contribution is -2.45. The van der Waals surface area contributed by atoms with Crippen LogP contribution in [0.25, 0.3) is 0 Å². The van der Waals surface area contributed by atoms with Gasteiger partial charge in [0.2, 0.25) is 15.9 Å². The normalized spacial score (nSPS) is 12.6. The Morgan fingerprint density at radius 2 is 1.42 bits per heavy atom. The van der Waals surface area contributed by atoms with Gasteiger partial charge in [-0.15, -0.1) is 0 Å². The molecule has 3 aromatic carbocycles. The number of sulfonamides is 2. The minimum absolute atomic E-state index is 0.0300. The van der Waals surface area contributed by atoms with Crippen molar-refractivity contribution in [1.29, 1.82) is 0 Å². The Morgan fingerprint density at radius 1 is 0.806 bits per heavy atom. The minimum atomic E-state index is -3.84. The number of anilines is 3. The van der Waals surface area contributed by atoms with E-state index in [-0.39, 0.29) is 4.90 Å². The molecule has 1 atom stereocenters. The van der Waals surface area contributed by atoms with Gasteiger partial charge in [0.1, 0.15) is 6.04 Å². The number of amides is 1. The van der Waals surface area contributed by atoms with Crippen LogP contribution in [0, 0.1) is 27.7 Å². The number of carbonyl (C=O) groups is 1. The first-order chi connectivity index (χ1) is 16.7. The molecule has 0 fully saturated rings. The molecule has 3 rings (SSSR count). The third kappa shape index (κ3) is 6.24. The fraction of sp³-hybridized carbons (Fsp3) is 0.269. The second kappa shape index (κ2) is 10.3. The van der Waals surface area contributed by atoms with Gasteiger partial charge in [-0.2, -0.15) is 0 Å². The highest BCUT2D eigenvalue weighted by atomic mass is 32.2. The molecule has 2 N–H and O–H groups in total. The fourth-order valence-electron chi connectivity index (χ4n) is 3.69. The molecule has 192 valence electrons. The summed E-state index contributed by atoms with van der Waals surface area (Å²) in [5.74, 6) is -0.553. The second-order valence-electron chi connectivity index (χ2n) is 8.94. The molecule has 0 bridgehead atoms. The van der Waals surface area contributed by atoms with Crippen LogP contribution in [0.1, 0.15) is 29.2 Å². The first-order valence-corrected chi connectivity index (χ1v) is 14.6. The highest BCUT2D eigenvalue weighted by Crippen LogP contribution is 2.25. The molecule has 0 saturated carbocycles. The Bertz CT molecular complexity index is 1500. The minimum Gasteiger partial charge on any atom is -0.324 e. The summed E-state index contributed by atoms with van der Waals surface area (Å²) >= 11 is 0. The maximum Gasteiger partial charge on any atom is 0.261 e. The van der Waals surface area contributed by atoms with Crippen molar-refractivity contribution in [2.75, 3.05) is 20.6 Å². The largest absolute Gasteiger partial charge is 0.324 e. The number of hydrogen-bond acceptors (Lipinski definition) is 5. The van der Waals surface area contributed by atoms with Crippen LogP contribution < -0.4 is 14.3 Å². The van der Waals surface area contributed by atoms with Gasteiger partial charge in [0.25, 0.3) is 10.0 Å². The van der Waals surface area contributed by atoms with Crippen molar-refractivity contribution in [3.05, 3.63) is 82.9 Å². The number of nitrogens with one attached hydrogen (secondary N) is 2. The highest BCUT2D eigenvalue weighted by molar-refractivity contribution is 7.92. The number of benzene rings is 3. The molecule has 36 heavy (non-hydrogen) atoms. The maximum absolute atomic E-state index is 13.0. The van der Waals surface area contributed by atoms with E-state index >= 15 is 0 Å². The molecule has 0 aliphatic rings. The standard InChI is InChI=1S/C26H31N3O5S2/c1-17-7-8-19(3)25(15-17)28-36(33,34)24-13-10-22(11-14-24)27-26(30)21(5)29(35(6,31)32)23-12-9-18(2)20(4)16-23/h7-16,21,28H,1-6H3,(H,27,30)/t21-/m0/s1. The van der Waals surface area contributed by atoms with E-state index in [4.69, 9.17) is 0 Å². The van der Waals surface area contributed by atoms with Gasteiger partial charge >= 0.3 is 0 Å². The summed E-state index contributed by atoms with van der Waals surface area (Å²) in [4.78, 5) is 13.0. The fourth-order valence-corrected chi connectivity index (χ4v) is 5.97. The summed E-state index contributed by atoms with van der Waals surface area (Å²) in [6, 6.07) is 15.3. The topological polar surface area (TPSA) is 113 Å². The van der Waals surface area contributed by atoms with Crippen LogP contribution >= 0.6 is 0 Å². The van der Waals surface area contributed by atoms with Crippen molar-refractivity contribution in [3.8, 4) is 0 Å². The summed E-state index contributed by atoms with van der Waals surface area (Å²) < 4.78 is 54.4. The van der Waals surface area contributed by atoms with E-state index in [2.05, 4.69) is 10.0 Å². The summed E-state index contributed by atoms with van der Waals surface area (Å²) in [6.07, 6.45) is 1.05. The molecule has 3 aromatic rings. The first-order valence-electron chi connectivity index (χ1n) is 11.3. The zero-order chi connectivity index (χ0) is 26.8. The van der Waals surface area contributed by atoms with Crippen molar-refractivity contribution in [2.24, 2.45) is 0 Å². The van der Waals surface area contributed by atoms with E-state index in [1.54, 1.807) is 24.3 Å². The highest BCUT2D eigenvalue weighted by Gasteiger charge is 2.29. The lowest BCUT2D eigenvalue weighted by molar-refractivity contribution is -0.116. The van der Waals surface area contributed by atoms with Crippen LogP contribution in [-0.2, 0) is 24.8 Å². The van der Waals surface area contributed by atoms with Crippen molar-refractivity contribution < 1.29 is 21.6 Å². The Balaban J connectivity index is 1.79. The summed E-state index contributed by atoms with van der Waals surface area (Å²) in [7, 11) is -7.60. The molecule has 1 amide bonds. The number of hydrogen-bond donors (Lipinski definition) is 2. The molecule has 0 aliphatic carbocycles. The number of rotatable bonds is 8. The molecule has 0 aliphatic heterocycles. The van der Waals surface area contributed by atoms with Gasteiger partial charge in [0, 0.05) is 5.69 Å². The Kier molecular flexibility index (Phi) is 7.80. The molecule has 0 saturated heterocycles. The zero-order valence-corrected chi connectivity index (χ0v) is 22.8. The van der Waals surface area contributed by atoms with Gasteiger partial charge < -0.3 is 5.32 Å². The average Bonchev–Trinajstić information content (AvgIpc) is 2.78. The molecule has 10 heteroatoms. The molecule has 0 radical (unpaired) electrons. The van der Waals surface area contributed by atoms with Crippen molar-refractivity contribution >= 4 is 43.0 Å². The monoisotopic (exact) mass is 529 g/mol. The summed E-state index contributed by atoms with van der Waals surface area (Å²) in [5.41, 5.74) is 4.85. The Morgan fingerprint density at radius 3 is 2.00 bits per heavy atom. The van der Waals surface area contributed by atoms with Gasteiger partial charge in [0.05, 0.1) is 22.5 Å². The average molecular weight is 530 g/mol. The van der Waals surface area contributed by atoms with E-state index in [9.17, 15) is 21.6 Å². The second-order valence-corrected chi connectivity index (χ2v) is 12.5. The first kappa shape index (κ1) is 27.2. The number of carbonyl (C=O) groups excluding carboxylic acids is 1. The van der Waals surface area contributed by atoms with Crippen LogP contribution in [-0.4, -0.2) is 35.0 Å². The summed E-state index contributed by atoms with van der Waals surface area (Å²) in [5, 5.41) is 2.67. The van der Waals surface area contributed by atoms with Crippen LogP contribution in [0.15, 0.2) is 65.6 Å². The number of aryl methyl sites for hydroxylation is 4. The Labute approximate surface area is 213 Å². The van der Waals surface area contributed by atoms with Gasteiger partial charge in [0.15, 0.2) is 0 Å². The molecule has 0 heterocycles. The lowest BCUT2D eigenvalue weighted by atomic mass is 10.1. The zero-order valence-electron chi connectivity index (χ0n) is 21.2. The lowest BCUT2D eigenvalue weighted by Gasteiger charge is -2.28. The predicted octanol–water partition coefficient (Wildman–Crippen LogP) is 4.51. The van der Waals surface area contributed by atoms with Gasteiger partial charge in [-0.1, -0.05) is 18.2 Å². The van der Waals surface area contributed by atoms with Crippen molar-refractivity contribution in [3.63, 3.8) is 0 Å². The smallest absolute Gasteiger partial charge is 0.261 e. The van der Waals surface area contributed by atoms with Crippen LogP contribution in [0.3, 0.4) is 0 Å². The third-order valence-electron chi connectivity index (χ3n) is 5.90. The molecular weight excluding hydrogens is 498 g/mol. The van der Waals surface area contributed by atoms with Crippen LogP contribution in [0.5, 0.6) is 0 Å². The van der Waals surface area contributed by atoms with Crippen LogP contribution in [0.2, 0.25) is 0 Å². The van der Waals surface area contributed by atoms with E-state index < -0.39 is 32.0 Å². The summed E-state index contributed by atoms with van der Waals surface area (Å²) in [6.45, 7) is 8.98. The molecule has 0 aromatic heterocycles. The van der Waals surface area contributed by atoms with Gasteiger partial charge in [-0.3, -0.25) is 13.8 Å². The Hall–Kier alpha value is -3.37. The van der Waals surface area contributed by atoms with E-state index in [1.165, 1.54) is 31.2 Å². The van der Waals surface area contributed by atoms with Crippen molar-refractivity contribution in [1.82, 2.24) is 0 Å². The SMILES string of the molecule is Cc1ccc(C)c(NS(=O)(=O)c2ccc(NC(=O)[C@H](C)N(c3ccc(C)c(C)c3)S(C)(=O)=O)cc2)c1. The van der Waals surface area contributed by atoms with E-state index in [1.807, 2.05) is 39.8 Å². The quantitative estimate of drug-likeness (QED) is 0.446. The third-order valence-corrected chi connectivity index (χ3v) is 8.53. The number of nitrogens with zero attached hydrogens (tertiary/aromatic N) is 1. The maximum atomic E-state index is 13.0. The van der Waals surface area contributed by atoms with E-state index in [0.29, 0.717) is 17.1 Å². The van der Waals surface area contributed by atoms with Gasteiger partial charge in [-0.25, -0.2) is 16.8 Å². The molecular formula is C26H31N3O5S2. The van der Waals surface area contributed by atoms with Crippen molar-refractivity contribution in [2.45, 2.75) is 45.6 Å². The van der Waals surface area contributed by atoms with Crippen LogP contribution in [0.4, 0.5) is 17.1 Å². The molecule has 0 spiro atoms. The predicted molar refractivity (Wildman–Crippen MR) is 144 cm³/mol. The van der Waals surface area contributed by atoms with Gasteiger partial charge in [-0.05, 0) is 99.3 Å². The molecule has 8 nitrogen and oxygen atoms in total. The van der Waals surface area contributed by atoms with E-state index in [0.717, 1.165) is 32.8 Å².